The number of halogens is 2. The molecule has 0 saturated carbocycles. The highest BCUT2D eigenvalue weighted by atomic mass is 35.5. The van der Waals surface area contributed by atoms with Crippen LogP contribution in [0.3, 0.4) is 0 Å². The Morgan fingerprint density at radius 3 is 2.65 bits per heavy atom. The SMILES string of the molecule is O=C(CS[C@@H]1CCS(=O)(=O)C1)NNC(=O)c1cc(Cl)ccc1Cl. The number of carbonyl (C=O) groups is 2. The molecule has 0 radical (unpaired) electrons. The van der Waals surface area contributed by atoms with E-state index in [2.05, 4.69) is 10.9 Å². The Morgan fingerprint density at radius 2 is 2.00 bits per heavy atom. The van der Waals surface area contributed by atoms with Crippen LogP contribution in [0.1, 0.15) is 16.8 Å². The van der Waals surface area contributed by atoms with Crippen molar-refractivity contribution in [3.05, 3.63) is 33.8 Å². The van der Waals surface area contributed by atoms with E-state index in [-0.39, 0.29) is 33.1 Å². The second-order valence-electron chi connectivity index (χ2n) is 4.96. The zero-order valence-corrected chi connectivity index (χ0v) is 15.0. The Balaban J connectivity index is 1.78. The molecule has 2 amide bonds. The summed E-state index contributed by atoms with van der Waals surface area (Å²) in [5.41, 5.74) is 4.65. The van der Waals surface area contributed by atoms with Crippen molar-refractivity contribution in [3.8, 4) is 0 Å². The van der Waals surface area contributed by atoms with E-state index in [0.717, 1.165) is 0 Å². The van der Waals surface area contributed by atoms with Gasteiger partial charge in [0, 0.05) is 10.3 Å². The van der Waals surface area contributed by atoms with Crippen LogP contribution in [-0.4, -0.2) is 42.7 Å². The topological polar surface area (TPSA) is 92.3 Å². The van der Waals surface area contributed by atoms with E-state index >= 15 is 0 Å². The molecule has 0 aromatic heterocycles. The van der Waals surface area contributed by atoms with Crippen molar-refractivity contribution in [2.24, 2.45) is 0 Å². The van der Waals surface area contributed by atoms with Crippen LogP contribution in [0.25, 0.3) is 0 Å². The summed E-state index contributed by atoms with van der Waals surface area (Å²) in [7, 11) is -2.96. The molecule has 1 atom stereocenters. The standard InChI is InChI=1S/C13H14Cl2N2O4S2/c14-8-1-2-11(15)10(5-8)13(19)17-16-12(18)6-22-9-3-4-23(20,21)7-9/h1-2,5,9H,3-4,6-7H2,(H,16,18)(H,17,19)/t9-/m1/s1. The third-order valence-corrected chi connectivity index (χ3v) is 6.98. The zero-order valence-electron chi connectivity index (χ0n) is 11.8. The van der Waals surface area contributed by atoms with Crippen LogP contribution in [0.2, 0.25) is 10.0 Å². The number of carbonyl (C=O) groups excluding carboxylic acids is 2. The number of amides is 2. The van der Waals surface area contributed by atoms with Gasteiger partial charge in [-0.1, -0.05) is 23.2 Å². The van der Waals surface area contributed by atoms with Gasteiger partial charge in [-0.2, -0.15) is 0 Å². The molecule has 0 unspecified atom stereocenters. The minimum Gasteiger partial charge on any atom is -0.272 e. The maximum atomic E-state index is 11.9. The number of hydrogen-bond donors (Lipinski definition) is 2. The molecule has 1 heterocycles. The fraction of sp³-hybridized carbons (Fsp3) is 0.385. The lowest BCUT2D eigenvalue weighted by Crippen LogP contribution is -2.42. The van der Waals surface area contributed by atoms with E-state index in [0.29, 0.717) is 11.4 Å². The molecular weight excluding hydrogens is 383 g/mol. The van der Waals surface area contributed by atoms with E-state index in [1.807, 2.05) is 0 Å². The van der Waals surface area contributed by atoms with Crippen molar-refractivity contribution in [3.63, 3.8) is 0 Å². The molecule has 2 rings (SSSR count). The molecule has 1 aliphatic rings. The Labute approximate surface area is 148 Å². The first-order valence-electron chi connectivity index (χ1n) is 6.63. The maximum absolute atomic E-state index is 11.9. The van der Waals surface area contributed by atoms with Crippen LogP contribution in [0.4, 0.5) is 0 Å². The third kappa shape index (κ3) is 5.56. The Kier molecular flexibility index (Phi) is 6.19. The molecule has 10 heteroatoms. The molecule has 126 valence electrons. The van der Waals surface area contributed by atoms with Crippen LogP contribution in [-0.2, 0) is 14.6 Å². The largest absolute Gasteiger partial charge is 0.272 e. The van der Waals surface area contributed by atoms with Gasteiger partial charge in [0.25, 0.3) is 5.91 Å². The first-order valence-corrected chi connectivity index (χ1v) is 10.3. The smallest absolute Gasteiger partial charge is 0.271 e. The molecule has 1 fully saturated rings. The first kappa shape index (κ1) is 18.4. The molecule has 1 aromatic carbocycles. The van der Waals surface area contributed by atoms with Gasteiger partial charge in [-0.05, 0) is 24.6 Å². The second kappa shape index (κ2) is 7.74. The average molecular weight is 397 g/mol. The van der Waals surface area contributed by atoms with Gasteiger partial charge in [-0.15, -0.1) is 11.8 Å². The molecule has 0 aliphatic carbocycles. The quantitative estimate of drug-likeness (QED) is 0.755. The highest BCUT2D eigenvalue weighted by molar-refractivity contribution is 8.02. The highest BCUT2D eigenvalue weighted by Crippen LogP contribution is 2.24. The van der Waals surface area contributed by atoms with Crippen LogP contribution < -0.4 is 10.9 Å². The highest BCUT2D eigenvalue weighted by Gasteiger charge is 2.28. The molecule has 1 saturated heterocycles. The minimum absolute atomic E-state index is 0.0593. The van der Waals surface area contributed by atoms with E-state index in [1.54, 1.807) is 6.07 Å². The summed E-state index contributed by atoms with van der Waals surface area (Å²) >= 11 is 12.9. The predicted molar refractivity (Wildman–Crippen MR) is 91.6 cm³/mol. The first-order chi connectivity index (χ1) is 10.8. The lowest BCUT2D eigenvalue weighted by atomic mass is 10.2. The molecule has 0 bridgehead atoms. The third-order valence-electron chi connectivity index (χ3n) is 3.13. The predicted octanol–water partition coefficient (Wildman–Crippen LogP) is 1.67. The number of rotatable bonds is 4. The Hall–Kier alpha value is -0.960. The van der Waals surface area contributed by atoms with Crippen LogP contribution in [0.15, 0.2) is 18.2 Å². The molecule has 23 heavy (non-hydrogen) atoms. The fourth-order valence-electron chi connectivity index (χ4n) is 1.99. The number of hydrazine groups is 1. The van der Waals surface area contributed by atoms with Gasteiger partial charge >= 0.3 is 0 Å². The van der Waals surface area contributed by atoms with Crippen molar-refractivity contribution in [1.29, 1.82) is 0 Å². The summed E-state index contributed by atoms with van der Waals surface area (Å²) in [5, 5.41) is 0.486. The zero-order chi connectivity index (χ0) is 17.0. The summed E-state index contributed by atoms with van der Waals surface area (Å²) in [4.78, 5) is 23.6. The van der Waals surface area contributed by atoms with Crippen LogP contribution in [0, 0.1) is 0 Å². The van der Waals surface area contributed by atoms with Crippen molar-refractivity contribution in [1.82, 2.24) is 10.9 Å². The summed E-state index contributed by atoms with van der Waals surface area (Å²) < 4.78 is 22.6. The van der Waals surface area contributed by atoms with Gasteiger partial charge in [-0.3, -0.25) is 20.4 Å². The molecule has 1 aromatic rings. The van der Waals surface area contributed by atoms with E-state index < -0.39 is 21.7 Å². The van der Waals surface area contributed by atoms with Gasteiger partial charge < -0.3 is 0 Å². The van der Waals surface area contributed by atoms with Crippen molar-refractivity contribution >= 4 is 56.6 Å². The molecular formula is C13H14Cl2N2O4S2. The number of hydrogen-bond acceptors (Lipinski definition) is 5. The van der Waals surface area contributed by atoms with E-state index in [4.69, 9.17) is 23.2 Å². The molecule has 0 spiro atoms. The lowest BCUT2D eigenvalue weighted by Gasteiger charge is -2.10. The van der Waals surface area contributed by atoms with Gasteiger partial charge in [0.15, 0.2) is 9.84 Å². The summed E-state index contributed by atoms with van der Waals surface area (Å²) in [5.74, 6) is -0.694. The number of nitrogens with one attached hydrogen (secondary N) is 2. The normalized spacial score (nSPS) is 19.3. The number of thioether (sulfide) groups is 1. The van der Waals surface area contributed by atoms with Gasteiger partial charge in [-0.25, -0.2) is 8.42 Å². The van der Waals surface area contributed by atoms with E-state index in [1.165, 1.54) is 23.9 Å². The Morgan fingerprint density at radius 1 is 1.26 bits per heavy atom. The van der Waals surface area contributed by atoms with Crippen LogP contribution in [0.5, 0.6) is 0 Å². The average Bonchev–Trinajstić information content (AvgIpc) is 2.84. The van der Waals surface area contributed by atoms with Gasteiger partial charge in [0.1, 0.15) is 0 Å². The second-order valence-corrected chi connectivity index (χ2v) is 9.32. The van der Waals surface area contributed by atoms with Crippen molar-refractivity contribution in [2.45, 2.75) is 11.7 Å². The number of benzene rings is 1. The summed E-state index contributed by atoms with van der Waals surface area (Å²) in [6.07, 6.45) is 0.546. The van der Waals surface area contributed by atoms with E-state index in [9.17, 15) is 18.0 Å². The summed E-state index contributed by atoms with van der Waals surface area (Å²) in [6, 6.07) is 4.42. The monoisotopic (exact) mass is 396 g/mol. The van der Waals surface area contributed by atoms with Gasteiger partial charge in [0.2, 0.25) is 5.91 Å². The maximum Gasteiger partial charge on any atom is 0.271 e. The molecule has 1 aliphatic heterocycles. The van der Waals surface area contributed by atoms with Crippen molar-refractivity contribution in [2.75, 3.05) is 17.3 Å². The minimum atomic E-state index is -2.96. The van der Waals surface area contributed by atoms with Gasteiger partial charge in [0.05, 0.1) is 27.8 Å². The van der Waals surface area contributed by atoms with Crippen molar-refractivity contribution < 1.29 is 18.0 Å². The van der Waals surface area contributed by atoms with Crippen LogP contribution >= 0.6 is 35.0 Å². The molecule has 6 nitrogen and oxygen atoms in total. The fourth-order valence-corrected chi connectivity index (χ4v) is 5.81. The number of sulfone groups is 1. The lowest BCUT2D eigenvalue weighted by molar-refractivity contribution is -0.119. The summed E-state index contributed by atoms with van der Waals surface area (Å²) in [6.45, 7) is 0. The molecule has 2 N–H and O–H groups in total. The Bertz CT molecular complexity index is 725.